The summed E-state index contributed by atoms with van der Waals surface area (Å²) in [5.41, 5.74) is 0. The molecule has 0 N–H and O–H groups in total. The molecule has 0 aromatic heterocycles. The first-order valence-electron chi connectivity index (χ1n) is 3.66. The smallest absolute Gasteiger partial charge is 0.358 e. The summed E-state index contributed by atoms with van der Waals surface area (Å²) in [5.74, 6) is 0. The summed E-state index contributed by atoms with van der Waals surface area (Å²) >= 11 is 0. The van der Waals surface area contributed by atoms with Crippen molar-refractivity contribution in [1.29, 1.82) is 0 Å². The van der Waals surface area contributed by atoms with Gasteiger partial charge in [0.25, 0.3) is 0 Å². The van der Waals surface area contributed by atoms with Gasteiger partial charge in [-0.3, -0.25) is 0 Å². The monoisotopic (exact) mass is 200 g/mol. The highest BCUT2D eigenvalue weighted by molar-refractivity contribution is 6.04. The summed E-state index contributed by atoms with van der Waals surface area (Å²) in [4.78, 5) is 43.9. The molecule has 2 aliphatic heterocycles. The molecule has 74 valence electrons. The maximum atomic E-state index is 10.6. The van der Waals surface area contributed by atoms with Gasteiger partial charge >= 0.3 is 24.4 Å². The van der Waals surface area contributed by atoms with E-state index >= 15 is 0 Å². The minimum Gasteiger partial charge on any atom is -0.358 e. The summed E-state index contributed by atoms with van der Waals surface area (Å²) < 4.78 is 8.04. The number of ether oxygens (including phenoxy) is 2. The Labute approximate surface area is 76.9 Å². The third-order valence-corrected chi connectivity index (χ3v) is 1.78. The fourth-order valence-electron chi connectivity index (χ4n) is 1.01. The number of imide groups is 2. The third-order valence-electron chi connectivity index (χ3n) is 1.78. The van der Waals surface area contributed by atoms with Gasteiger partial charge in [0, 0.05) is 0 Å². The second-order valence-corrected chi connectivity index (χ2v) is 2.57. The van der Waals surface area contributed by atoms with E-state index < -0.39 is 24.4 Å². The lowest BCUT2D eigenvalue weighted by atomic mass is 10.4. The first kappa shape index (κ1) is 8.48. The van der Waals surface area contributed by atoms with Crippen molar-refractivity contribution in [3.63, 3.8) is 0 Å². The van der Waals surface area contributed by atoms with E-state index in [0.29, 0.717) is 0 Å². The van der Waals surface area contributed by atoms with Crippen molar-refractivity contribution >= 4 is 24.4 Å². The van der Waals surface area contributed by atoms with Crippen LogP contribution in [-0.2, 0) is 9.47 Å². The molecule has 0 bridgehead atoms. The van der Waals surface area contributed by atoms with E-state index in [1.165, 1.54) is 0 Å². The SMILES string of the molecule is O=C1OC(=O)N1CCN1C(=O)OC1=O. The Kier molecular flexibility index (Phi) is 1.63. The Morgan fingerprint density at radius 1 is 0.714 bits per heavy atom. The molecule has 0 aromatic carbocycles. The Bertz CT molecular complexity index is 288. The van der Waals surface area contributed by atoms with E-state index in [-0.39, 0.29) is 13.1 Å². The number of hydrogen-bond acceptors (Lipinski definition) is 6. The van der Waals surface area contributed by atoms with Gasteiger partial charge in [-0.25, -0.2) is 29.0 Å². The highest BCUT2D eigenvalue weighted by Gasteiger charge is 2.42. The lowest BCUT2D eigenvalue weighted by molar-refractivity contribution is 0.0376. The zero-order valence-corrected chi connectivity index (χ0v) is 6.76. The second kappa shape index (κ2) is 2.69. The number of rotatable bonds is 3. The Hall–Kier alpha value is -2.12. The average molecular weight is 200 g/mol. The van der Waals surface area contributed by atoms with Crippen molar-refractivity contribution in [2.24, 2.45) is 0 Å². The molecule has 14 heavy (non-hydrogen) atoms. The van der Waals surface area contributed by atoms with Crippen LogP contribution in [0.5, 0.6) is 0 Å². The molecule has 2 fully saturated rings. The van der Waals surface area contributed by atoms with E-state index in [2.05, 4.69) is 9.47 Å². The number of carbonyl (C=O) groups is 4. The van der Waals surface area contributed by atoms with Crippen LogP contribution >= 0.6 is 0 Å². The Morgan fingerprint density at radius 3 is 1.21 bits per heavy atom. The maximum Gasteiger partial charge on any atom is 0.428 e. The fourth-order valence-corrected chi connectivity index (χ4v) is 1.01. The second-order valence-electron chi connectivity index (χ2n) is 2.57. The third kappa shape index (κ3) is 1.08. The van der Waals surface area contributed by atoms with Crippen LogP contribution in [0.25, 0.3) is 0 Å². The molecule has 4 amide bonds. The van der Waals surface area contributed by atoms with E-state index in [1.54, 1.807) is 0 Å². The number of nitrogens with zero attached hydrogens (tertiary/aromatic N) is 2. The molecule has 2 rings (SSSR count). The molecule has 0 aromatic rings. The van der Waals surface area contributed by atoms with Gasteiger partial charge < -0.3 is 9.47 Å². The Morgan fingerprint density at radius 2 is 1.00 bits per heavy atom. The molecule has 0 unspecified atom stereocenters. The van der Waals surface area contributed by atoms with Crippen LogP contribution < -0.4 is 0 Å². The van der Waals surface area contributed by atoms with E-state index in [4.69, 9.17) is 0 Å². The highest BCUT2D eigenvalue weighted by Crippen LogP contribution is 2.13. The number of hydrogen-bond donors (Lipinski definition) is 0. The molecular formula is C6H4N2O6. The molecule has 8 heteroatoms. The van der Waals surface area contributed by atoms with Crippen molar-refractivity contribution in [1.82, 2.24) is 9.80 Å². The zero-order chi connectivity index (χ0) is 10.3. The summed E-state index contributed by atoms with van der Waals surface area (Å²) in [6, 6.07) is 0. The first-order chi connectivity index (χ1) is 6.59. The van der Waals surface area contributed by atoms with Gasteiger partial charge in [-0.2, -0.15) is 0 Å². The standard InChI is InChI=1S/C6H4N2O6/c9-3-7(4(10)13-3)1-2-8-5(11)14-6(8)12/h1-2H2. The van der Waals surface area contributed by atoms with Crippen molar-refractivity contribution in [2.75, 3.05) is 13.1 Å². The lowest BCUT2D eigenvalue weighted by Gasteiger charge is -2.31. The summed E-state index contributed by atoms with van der Waals surface area (Å²) in [6.07, 6.45) is -3.12. The van der Waals surface area contributed by atoms with Crippen molar-refractivity contribution in [3.8, 4) is 0 Å². The van der Waals surface area contributed by atoms with Crippen LogP contribution in [0.3, 0.4) is 0 Å². The van der Waals surface area contributed by atoms with Crippen molar-refractivity contribution in [3.05, 3.63) is 0 Å². The molecule has 0 radical (unpaired) electrons. The molecule has 2 saturated heterocycles. The highest BCUT2D eigenvalue weighted by atomic mass is 16.7. The van der Waals surface area contributed by atoms with Gasteiger partial charge in [-0.1, -0.05) is 0 Å². The first-order valence-corrected chi connectivity index (χ1v) is 3.66. The van der Waals surface area contributed by atoms with Crippen LogP contribution in [0.4, 0.5) is 19.2 Å². The number of cyclic esters (lactones) is 4. The van der Waals surface area contributed by atoms with Crippen molar-refractivity contribution in [2.45, 2.75) is 0 Å². The summed E-state index contributed by atoms with van der Waals surface area (Å²) in [5, 5.41) is 0. The van der Waals surface area contributed by atoms with Crippen LogP contribution in [-0.4, -0.2) is 47.3 Å². The normalized spacial score (nSPS) is 20.0. The number of carbonyl (C=O) groups excluding carboxylic acids is 4. The van der Waals surface area contributed by atoms with Crippen LogP contribution in [0.1, 0.15) is 0 Å². The quantitative estimate of drug-likeness (QED) is 0.601. The molecule has 0 spiro atoms. The summed E-state index contributed by atoms with van der Waals surface area (Å²) in [7, 11) is 0. The van der Waals surface area contributed by atoms with Gasteiger partial charge in [0.2, 0.25) is 0 Å². The Balaban J connectivity index is 1.82. The molecule has 0 saturated carbocycles. The number of amides is 4. The molecule has 0 atom stereocenters. The zero-order valence-electron chi connectivity index (χ0n) is 6.76. The molecule has 0 aliphatic carbocycles. The minimum atomic E-state index is -0.781. The van der Waals surface area contributed by atoms with Gasteiger partial charge in [0.05, 0.1) is 13.1 Å². The van der Waals surface area contributed by atoms with Crippen LogP contribution in [0.15, 0.2) is 0 Å². The molecule has 2 aliphatic rings. The van der Waals surface area contributed by atoms with Crippen LogP contribution in [0, 0.1) is 0 Å². The minimum absolute atomic E-state index is 0.0709. The lowest BCUT2D eigenvalue weighted by Crippen LogP contribution is -2.56. The van der Waals surface area contributed by atoms with E-state index in [0.717, 1.165) is 9.80 Å². The average Bonchev–Trinajstić information content (AvgIpc) is 2.12. The predicted octanol–water partition coefficient (Wildman–Crippen LogP) is 0.131. The molecule has 8 nitrogen and oxygen atoms in total. The topological polar surface area (TPSA) is 93.2 Å². The van der Waals surface area contributed by atoms with Gasteiger partial charge in [0.15, 0.2) is 0 Å². The van der Waals surface area contributed by atoms with Gasteiger partial charge in [-0.05, 0) is 0 Å². The van der Waals surface area contributed by atoms with Gasteiger partial charge in [0.1, 0.15) is 0 Å². The maximum absolute atomic E-state index is 10.6. The van der Waals surface area contributed by atoms with Crippen molar-refractivity contribution < 1.29 is 28.7 Å². The molecule has 2 heterocycles. The molecular weight excluding hydrogens is 196 g/mol. The van der Waals surface area contributed by atoms with E-state index in [1.807, 2.05) is 0 Å². The van der Waals surface area contributed by atoms with E-state index in [9.17, 15) is 19.2 Å². The fraction of sp³-hybridized carbons (Fsp3) is 0.333. The largest absolute Gasteiger partial charge is 0.428 e. The van der Waals surface area contributed by atoms with Gasteiger partial charge in [-0.15, -0.1) is 0 Å². The van der Waals surface area contributed by atoms with Crippen LogP contribution in [0.2, 0.25) is 0 Å². The summed E-state index contributed by atoms with van der Waals surface area (Å²) in [6.45, 7) is -0.142. The predicted molar refractivity (Wildman–Crippen MR) is 37.2 cm³/mol.